The third-order valence-corrected chi connectivity index (χ3v) is 4.27. The zero-order valence-corrected chi connectivity index (χ0v) is 12.8. The number of ether oxygens (including phenoxy) is 1. The molecule has 1 atom stereocenters. The smallest absolute Gasteiger partial charge is 0.0579 e. The average Bonchev–Trinajstić information content (AvgIpc) is 2.48. The van der Waals surface area contributed by atoms with Crippen LogP contribution in [0.2, 0.25) is 0 Å². The van der Waals surface area contributed by atoms with E-state index < -0.39 is 0 Å². The second-order valence-corrected chi connectivity index (χ2v) is 6.38. The molecule has 110 valence electrons. The highest BCUT2D eigenvalue weighted by Crippen LogP contribution is 2.29. The highest BCUT2D eigenvalue weighted by molar-refractivity contribution is 5.36. The topological polar surface area (TPSA) is 21.3 Å². The molecule has 0 bridgehead atoms. The zero-order chi connectivity index (χ0) is 14.7. The molecule has 2 aromatic carbocycles. The second kappa shape index (κ2) is 6.00. The molecule has 1 heterocycles. The van der Waals surface area contributed by atoms with Crippen molar-refractivity contribution in [3.05, 3.63) is 71.3 Å². The SMILES string of the molecule is Cc1ccccc1C(NCC1(C)COC1)c1ccccc1. The van der Waals surface area contributed by atoms with Crippen LogP contribution in [-0.2, 0) is 4.74 Å². The van der Waals surface area contributed by atoms with Gasteiger partial charge >= 0.3 is 0 Å². The molecule has 1 saturated heterocycles. The van der Waals surface area contributed by atoms with Gasteiger partial charge in [-0.1, -0.05) is 61.5 Å². The quantitative estimate of drug-likeness (QED) is 0.902. The normalized spacial score (nSPS) is 18.0. The molecule has 0 amide bonds. The van der Waals surface area contributed by atoms with E-state index in [1.807, 2.05) is 0 Å². The highest BCUT2D eigenvalue weighted by Gasteiger charge is 2.34. The van der Waals surface area contributed by atoms with Gasteiger partial charge in [0, 0.05) is 12.0 Å². The molecule has 0 aromatic heterocycles. The van der Waals surface area contributed by atoms with Crippen LogP contribution in [0, 0.1) is 12.3 Å². The third-order valence-electron chi connectivity index (χ3n) is 4.27. The number of rotatable bonds is 5. The molecule has 0 aliphatic carbocycles. The fraction of sp³-hybridized carbons (Fsp3) is 0.368. The van der Waals surface area contributed by atoms with Gasteiger partial charge < -0.3 is 10.1 Å². The number of nitrogens with one attached hydrogen (secondary N) is 1. The Labute approximate surface area is 127 Å². The summed E-state index contributed by atoms with van der Waals surface area (Å²) < 4.78 is 5.37. The summed E-state index contributed by atoms with van der Waals surface area (Å²) in [5.74, 6) is 0. The van der Waals surface area contributed by atoms with E-state index >= 15 is 0 Å². The van der Waals surface area contributed by atoms with Gasteiger partial charge in [-0.05, 0) is 23.6 Å². The monoisotopic (exact) mass is 281 g/mol. The lowest BCUT2D eigenvalue weighted by molar-refractivity contribution is -0.0997. The molecule has 2 nitrogen and oxygen atoms in total. The van der Waals surface area contributed by atoms with E-state index in [2.05, 4.69) is 73.8 Å². The summed E-state index contributed by atoms with van der Waals surface area (Å²) >= 11 is 0. The lowest BCUT2D eigenvalue weighted by Gasteiger charge is -2.39. The van der Waals surface area contributed by atoms with Crippen LogP contribution in [0.1, 0.15) is 29.7 Å². The average molecular weight is 281 g/mol. The summed E-state index contributed by atoms with van der Waals surface area (Å²) in [5.41, 5.74) is 4.27. The van der Waals surface area contributed by atoms with Crippen molar-refractivity contribution < 1.29 is 4.74 Å². The first kappa shape index (κ1) is 14.3. The molecular weight excluding hydrogens is 258 g/mol. The van der Waals surface area contributed by atoms with Crippen LogP contribution in [0.3, 0.4) is 0 Å². The molecule has 2 heteroatoms. The van der Waals surface area contributed by atoms with Crippen LogP contribution < -0.4 is 5.32 Å². The van der Waals surface area contributed by atoms with Gasteiger partial charge in [0.1, 0.15) is 0 Å². The van der Waals surface area contributed by atoms with Crippen LogP contribution in [0.4, 0.5) is 0 Å². The van der Waals surface area contributed by atoms with Gasteiger partial charge in [0.15, 0.2) is 0 Å². The molecule has 1 unspecified atom stereocenters. The van der Waals surface area contributed by atoms with Crippen molar-refractivity contribution in [1.29, 1.82) is 0 Å². The van der Waals surface area contributed by atoms with E-state index in [9.17, 15) is 0 Å². The Balaban J connectivity index is 1.86. The Kier molecular flexibility index (Phi) is 4.09. The summed E-state index contributed by atoms with van der Waals surface area (Å²) in [6.07, 6.45) is 0. The Morgan fingerprint density at radius 1 is 1.05 bits per heavy atom. The van der Waals surface area contributed by atoms with E-state index in [0.717, 1.165) is 19.8 Å². The molecule has 0 radical (unpaired) electrons. The van der Waals surface area contributed by atoms with Crippen molar-refractivity contribution in [2.75, 3.05) is 19.8 Å². The molecule has 21 heavy (non-hydrogen) atoms. The summed E-state index contributed by atoms with van der Waals surface area (Å²) in [6.45, 7) is 7.15. The first-order valence-corrected chi connectivity index (χ1v) is 7.60. The maximum Gasteiger partial charge on any atom is 0.0579 e. The van der Waals surface area contributed by atoms with E-state index in [1.165, 1.54) is 16.7 Å². The molecule has 0 saturated carbocycles. The standard InChI is InChI=1S/C19H23NO/c1-15-8-6-7-11-17(15)18(16-9-4-3-5-10-16)20-12-19(2)13-21-14-19/h3-11,18,20H,12-14H2,1-2H3. The van der Waals surface area contributed by atoms with Crippen LogP contribution in [0.25, 0.3) is 0 Å². The van der Waals surface area contributed by atoms with Crippen molar-refractivity contribution in [1.82, 2.24) is 5.32 Å². The third kappa shape index (κ3) is 3.17. The molecule has 1 N–H and O–H groups in total. The van der Waals surface area contributed by atoms with Gasteiger partial charge in [-0.3, -0.25) is 0 Å². The molecule has 1 fully saturated rings. The summed E-state index contributed by atoms with van der Waals surface area (Å²) in [5, 5.41) is 3.76. The van der Waals surface area contributed by atoms with Gasteiger partial charge in [0.05, 0.1) is 19.3 Å². The second-order valence-electron chi connectivity index (χ2n) is 6.38. The minimum Gasteiger partial charge on any atom is -0.380 e. The van der Waals surface area contributed by atoms with Gasteiger partial charge in [0.2, 0.25) is 0 Å². The Morgan fingerprint density at radius 3 is 2.33 bits per heavy atom. The minimum absolute atomic E-state index is 0.241. The minimum atomic E-state index is 0.241. The zero-order valence-electron chi connectivity index (χ0n) is 12.8. The first-order chi connectivity index (χ1) is 10.2. The van der Waals surface area contributed by atoms with Gasteiger partial charge in [-0.2, -0.15) is 0 Å². The van der Waals surface area contributed by atoms with E-state index in [4.69, 9.17) is 4.74 Å². The van der Waals surface area contributed by atoms with Crippen molar-refractivity contribution in [3.63, 3.8) is 0 Å². The number of benzene rings is 2. The van der Waals surface area contributed by atoms with Crippen LogP contribution in [-0.4, -0.2) is 19.8 Å². The summed E-state index contributed by atoms with van der Waals surface area (Å²) in [7, 11) is 0. The van der Waals surface area contributed by atoms with Gasteiger partial charge in [0.25, 0.3) is 0 Å². The van der Waals surface area contributed by atoms with Gasteiger partial charge in [-0.15, -0.1) is 0 Å². The Morgan fingerprint density at radius 2 is 1.71 bits per heavy atom. The van der Waals surface area contributed by atoms with E-state index in [1.54, 1.807) is 0 Å². The lowest BCUT2D eigenvalue weighted by Crippen LogP contribution is -2.48. The highest BCUT2D eigenvalue weighted by atomic mass is 16.5. The Bertz CT molecular complexity index is 590. The predicted octanol–water partition coefficient (Wildman–Crippen LogP) is 3.71. The summed E-state index contributed by atoms with van der Waals surface area (Å²) in [4.78, 5) is 0. The van der Waals surface area contributed by atoms with E-state index in [-0.39, 0.29) is 11.5 Å². The molecule has 0 spiro atoms. The van der Waals surface area contributed by atoms with Crippen LogP contribution >= 0.6 is 0 Å². The number of aryl methyl sites for hydroxylation is 1. The van der Waals surface area contributed by atoms with Crippen molar-refractivity contribution >= 4 is 0 Å². The maximum atomic E-state index is 5.37. The number of hydrogen-bond donors (Lipinski definition) is 1. The predicted molar refractivity (Wildman–Crippen MR) is 86.4 cm³/mol. The fourth-order valence-electron chi connectivity index (χ4n) is 2.86. The fourth-order valence-corrected chi connectivity index (χ4v) is 2.86. The van der Waals surface area contributed by atoms with Gasteiger partial charge in [-0.25, -0.2) is 0 Å². The molecule has 1 aliphatic heterocycles. The lowest BCUT2D eigenvalue weighted by atomic mass is 9.87. The van der Waals surface area contributed by atoms with Crippen molar-refractivity contribution in [3.8, 4) is 0 Å². The maximum absolute atomic E-state index is 5.37. The Hall–Kier alpha value is -1.64. The van der Waals surface area contributed by atoms with Crippen LogP contribution in [0.5, 0.6) is 0 Å². The molecule has 1 aliphatic rings. The summed E-state index contributed by atoms with van der Waals surface area (Å²) in [6, 6.07) is 19.5. The first-order valence-electron chi connectivity index (χ1n) is 7.60. The largest absolute Gasteiger partial charge is 0.380 e. The van der Waals surface area contributed by atoms with Crippen molar-refractivity contribution in [2.45, 2.75) is 19.9 Å². The molecular formula is C19H23NO. The molecule has 2 aromatic rings. The number of hydrogen-bond acceptors (Lipinski definition) is 2. The van der Waals surface area contributed by atoms with Crippen LogP contribution in [0.15, 0.2) is 54.6 Å². The van der Waals surface area contributed by atoms with E-state index in [0.29, 0.717) is 0 Å². The van der Waals surface area contributed by atoms with Crippen molar-refractivity contribution in [2.24, 2.45) is 5.41 Å². The molecule has 3 rings (SSSR count).